The van der Waals surface area contributed by atoms with Crippen LogP contribution in [0.4, 0.5) is 0 Å². The predicted molar refractivity (Wildman–Crippen MR) is 69.9 cm³/mol. The molecule has 2 aromatic rings. The second kappa shape index (κ2) is 4.92. The zero-order valence-electron chi connectivity index (χ0n) is 10.2. The molecule has 0 saturated carbocycles. The molecule has 0 bridgehead atoms. The number of nitrogens with zero attached hydrogens (tertiary/aromatic N) is 2. The first-order valence-electron chi connectivity index (χ1n) is 5.87. The molecule has 17 heavy (non-hydrogen) atoms. The van der Waals surface area contributed by atoms with Gasteiger partial charge in [0.05, 0.1) is 11.0 Å². The van der Waals surface area contributed by atoms with Crippen molar-refractivity contribution in [3.63, 3.8) is 0 Å². The SMILES string of the molecule is CC#CCCn1c(=O)n(CC)c2ccccc21. The largest absolute Gasteiger partial charge is 0.329 e. The maximum absolute atomic E-state index is 12.2. The van der Waals surface area contributed by atoms with E-state index in [1.54, 1.807) is 4.57 Å². The highest BCUT2D eigenvalue weighted by Gasteiger charge is 2.10. The summed E-state index contributed by atoms with van der Waals surface area (Å²) in [6, 6.07) is 7.90. The fourth-order valence-electron chi connectivity index (χ4n) is 2.09. The first kappa shape index (κ1) is 11.5. The lowest BCUT2D eigenvalue weighted by Gasteiger charge is -1.98. The van der Waals surface area contributed by atoms with Crippen LogP contribution in [-0.4, -0.2) is 9.13 Å². The van der Waals surface area contributed by atoms with Crippen molar-refractivity contribution in [2.45, 2.75) is 33.4 Å². The van der Waals surface area contributed by atoms with Crippen molar-refractivity contribution in [1.82, 2.24) is 9.13 Å². The molecule has 1 aromatic heterocycles. The molecule has 0 amide bonds. The Balaban J connectivity index is 2.56. The predicted octanol–water partition coefficient (Wildman–Crippen LogP) is 2.24. The van der Waals surface area contributed by atoms with Gasteiger partial charge in [0.25, 0.3) is 0 Å². The van der Waals surface area contributed by atoms with Gasteiger partial charge in [-0.1, -0.05) is 12.1 Å². The number of benzene rings is 1. The maximum atomic E-state index is 12.2. The van der Waals surface area contributed by atoms with Crippen molar-refractivity contribution >= 4 is 11.0 Å². The van der Waals surface area contributed by atoms with Crippen LogP contribution in [0.1, 0.15) is 20.3 Å². The highest BCUT2D eigenvalue weighted by Crippen LogP contribution is 2.12. The molecule has 0 aliphatic rings. The Bertz CT molecular complexity index is 638. The summed E-state index contributed by atoms with van der Waals surface area (Å²) in [4.78, 5) is 12.2. The van der Waals surface area contributed by atoms with Crippen LogP contribution in [0.3, 0.4) is 0 Å². The zero-order chi connectivity index (χ0) is 12.3. The molecule has 3 nitrogen and oxygen atoms in total. The van der Waals surface area contributed by atoms with Crippen LogP contribution in [-0.2, 0) is 13.1 Å². The van der Waals surface area contributed by atoms with E-state index in [0.717, 1.165) is 11.0 Å². The number of imidazole rings is 1. The van der Waals surface area contributed by atoms with E-state index in [1.807, 2.05) is 42.7 Å². The highest BCUT2D eigenvalue weighted by molar-refractivity contribution is 5.75. The minimum atomic E-state index is 0.0617. The van der Waals surface area contributed by atoms with Gasteiger partial charge in [0.15, 0.2) is 0 Å². The summed E-state index contributed by atoms with van der Waals surface area (Å²) in [5.74, 6) is 5.85. The lowest BCUT2D eigenvalue weighted by atomic mass is 10.3. The Kier molecular flexibility index (Phi) is 3.34. The molecule has 0 radical (unpaired) electrons. The van der Waals surface area contributed by atoms with E-state index in [9.17, 15) is 4.79 Å². The summed E-state index contributed by atoms with van der Waals surface area (Å²) in [5, 5.41) is 0. The van der Waals surface area contributed by atoms with Crippen molar-refractivity contribution in [1.29, 1.82) is 0 Å². The normalized spacial score (nSPS) is 10.2. The van der Waals surface area contributed by atoms with Crippen LogP contribution >= 0.6 is 0 Å². The fourth-order valence-corrected chi connectivity index (χ4v) is 2.09. The van der Waals surface area contributed by atoms with Gasteiger partial charge in [0, 0.05) is 19.5 Å². The number of rotatable bonds is 3. The lowest BCUT2D eigenvalue weighted by Crippen LogP contribution is -2.23. The van der Waals surface area contributed by atoms with Gasteiger partial charge in [-0.05, 0) is 26.0 Å². The third-order valence-electron chi connectivity index (χ3n) is 2.88. The fraction of sp³-hybridized carbons (Fsp3) is 0.357. The lowest BCUT2D eigenvalue weighted by molar-refractivity contribution is 0.652. The van der Waals surface area contributed by atoms with E-state index in [0.29, 0.717) is 19.5 Å². The van der Waals surface area contributed by atoms with E-state index >= 15 is 0 Å². The quantitative estimate of drug-likeness (QED) is 0.740. The molecular formula is C14H16N2O. The second-order valence-electron chi connectivity index (χ2n) is 3.84. The van der Waals surface area contributed by atoms with Gasteiger partial charge in [-0.15, -0.1) is 11.8 Å². The molecule has 0 aliphatic heterocycles. The van der Waals surface area contributed by atoms with Gasteiger partial charge in [0.1, 0.15) is 0 Å². The molecule has 0 unspecified atom stereocenters. The molecule has 3 heteroatoms. The Labute approximate surface area is 101 Å². The van der Waals surface area contributed by atoms with Crippen molar-refractivity contribution in [2.24, 2.45) is 0 Å². The van der Waals surface area contributed by atoms with E-state index in [1.165, 1.54) is 0 Å². The minimum Gasteiger partial charge on any atom is -0.292 e. The Morgan fingerprint density at radius 2 is 1.82 bits per heavy atom. The molecule has 88 valence electrons. The smallest absolute Gasteiger partial charge is 0.292 e. The Hall–Kier alpha value is -1.95. The molecule has 0 fully saturated rings. The number of aryl methyl sites for hydroxylation is 2. The molecule has 1 aromatic carbocycles. The monoisotopic (exact) mass is 228 g/mol. The Morgan fingerprint density at radius 3 is 2.41 bits per heavy atom. The highest BCUT2D eigenvalue weighted by atomic mass is 16.1. The number of hydrogen-bond donors (Lipinski definition) is 0. The Morgan fingerprint density at radius 1 is 1.18 bits per heavy atom. The van der Waals surface area contributed by atoms with Gasteiger partial charge < -0.3 is 0 Å². The van der Waals surface area contributed by atoms with Crippen LogP contribution in [0.5, 0.6) is 0 Å². The van der Waals surface area contributed by atoms with Crippen molar-refractivity contribution < 1.29 is 0 Å². The summed E-state index contributed by atoms with van der Waals surface area (Å²) in [7, 11) is 0. The zero-order valence-corrected chi connectivity index (χ0v) is 10.2. The van der Waals surface area contributed by atoms with Gasteiger partial charge in [-0.2, -0.15) is 0 Å². The van der Waals surface area contributed by atoms with E-state index in [4.69, 9.17) is 0 Å². The molecule has 0 spiro atoms. The molecule has 0 atom stereocenters. The van der Waals surface area contributed by atoms with Crippen molar-refractivity contribution in [3.8, 4) is 11.8 Å². The van der Waals surface area contributed by atoms with Gasteiger partial charge >= 0.3 is 5.69 Å². The van der Waals surface area contributed by atoms with Crippen molar-refractivity contribution in [2.75, 3.05) is 0 Å². The summed E-state index contributed by atoms with van der Waals surface area (Å²) in [5.41, 5.74) is 2.06. The third kappa shape index (κ3) is 1.99. The maximum Gasteiger partial charge on any atom is 0.329 e. The summed E-state index contributed by atoms with van der Waals surface area (Å²) < 4.78 is 3.61. The first-order chi connectivity index (χ1) is 8.29. The first-order valence-corrected chi connectivity index (χ1v) is 5.87. The molecular weight excluding hydrogens is 212 g/mol. The van der Waals surface area contributed by atoms with Gasteiger partial charge in [-0.3, -0.25) is 9.13 Å². The number of aromatic nitrogens is 2. The van der Waals surface area contributed by atoms with Crippen molar-refractivity contribution in [3.05, 3.63) is 34.7 Å². The van der Waals surface area contributed by atoms with Crippen LogP contribution < -0.4 is 5.69 Å². The number of hydrogen-bond acceptors (Lipinski definition) is 1. The average Bonchev–Trinajstić information content (AvgIpc) is 2.62. The second-order valence-corrected chi connectivity index (χ2v) is 3.84. The van der Waals surface area contributed by atoms with Gasteiger partial charge in [-0.25, -0.2) is 4.79 Å². The summed E-state index contributed by atoms with van der Waals surface area (Å²) >= 11 is 0. The number of fused-ring (bicyclic) bond motifs is 1. The van der Waals surface area contributed by atoms with Gasteiger partial charge in [0.2, 0.25) is 0 Å². The van der Waals surface area contributed by atoms with Crippen LogP contribution in [0.2, 0.25) is 0 Å². The third-order valence-corrected chi connectivity index (χ3v) is 2.88. The average molecular weight is 228 g/mol. The van der Waals surface area contributed by atoms with Crippen LogP contribution in [0.25, 0.3) is 11.0 Å². The summed E-state index contributed by atoms with van der Waals surface area (Å²) in [6.45, 7) is 5.17. The van der Waals surface area contributed by atoms with Crippen LogP contribution in [0, 0.1) is 11.8 Å². The van der Waals surface area contributed by atoms with Crippen LogP contribution in [0.15, 0.2) is 29.1 Å². The molecule has 1 heterocycles. The minimum absolute atomic E-state index is 0.0617. The summed E-state index contributed by atoms with van der Waals surface area (Å²) in [6.07, 6.45) is 0.716. The molecule has 0 aliphatic carbocycles. The van der Waals surface area contributed by atoms with E-state index < -0.39 is 0 Å². The topological polar surface area (TPSA) is 26.9 Å². The van der Waals surface area contributed by atoms with E-state index in [-0.39, 0.29) is 5.69 Å². The number of para-hydroxylation sites is 2. The molecule has 0 saturated heterocycles. The van der Waals surface area contributed by atoms with E-state index in [2.05, 4.69) is 11.8 Å². The molecule has 2 rings (SSSR count). The molecule has 0 N–H and O–H groups in total. The standard InChI is InChI=1S/C14H16N2O/c1-3-5-8-11-16-13-10-7-6-9-12(13)15(4-2)14(16)17/h6-7,9-10H,4,8,11H2,1-2H3.